The number of fused-ring (bicyclic) bond motifs is 1. The van der Waals surface area contributed by atoms with Crippen molar-refractivity contribution in [3.8, 4) is 0 Å². The molecule has 2 amide bonds. The van der Waals surface area contributed by atoms with Crippen LogP contribution in [-0.4, -0.2) is 51.6 Å². The van der Waals surface area contributed by atoms with Crippen LogP contribution in [0.4, 0.5) is 11.5 Å². The fraction of sp³-hybridized carbons (Fsp3) is 0.348. The second kappa shape index (κ2) is 9.17. The van der Waals surface area contributed by atoms with E-state index in [0.29, 0.717) is 17.9 Å². The van der Waals surface area contributed by atoms with Crippen LogP contribution >= 0.6 is 0 Å². The zero-order chi connectivity index (χ0) is 22.7. The van der Waals surface area contributed by atoms with Crippen molar-refractivity contribution in [2.75, 3.05) is 23.8 Å². The van der Waals surface area contributed by atoms with Crippen molar-refractivity contribution >= 4 is 23.3 Å². The molecule has 1 aliphatic rings. The molecule has 1 aromatic carbocycles. The van der Waals surface area contributed by atoms with Gasteiger partial charge in [0.2, 0.25) is 0 Å². The number of benzene rings is 1. The third kappa shape index (κ3) is 4.32. The maximum absolute atomic E-state index is 13.2. The maximum Gasteiger partial charge on any atom is 0.272 e. The summed E-state index contributed by atoms with van der Waals surface area (Å²) in [5.74, 6) is 0.118. The number of likely N-dealkylation sites (N-methyl/N-ethyl adjacent to an activating group) is 1. The van der Waals surface area contributed by atoms with Crippen LogP contribution in [0.2, 0.25) is 0 Å². The van der Waals surface area contributed by atoms with E-state index in [-0.39, 0.29) is 24.1 Å². The van der Waals surface area contributed by atoms with Gasteiger partial charge in [-0.3, -0.25) is 14.7 Å². The Balaban J connectivity index is 1.48. The summed E-state index contributed by atoms with van der Waals surface area (Å²) in [7, 11) is 1.69. The molecule has 1 unspecified atom stereocenters. The van der Waals surface area contributed by atoms with Gasteiger partial charge in [0.1, 0.15) is 23.8 Å². The summed E-state index contributed by atoms with van der Waals surface area (Å²) in [4.78, 5) is 36.2. The van der Waals surface area contributed by atoms with E-state index in [1.165, 1.54) is 11.2 Å². The van der Waals surface area contributed by atoms with Gasteiger partial charge in [-0.2, -0.15) is 5.10 Å². The zero-order valence-corrected chi connectivity index (χ0v) is 18.4. The molecule has 0 saturated carbocycles. The van der Waals surface area contributed by atoms with E-state index in [0.717, 1.165) is 23.4 Å². The molecule has 9 nitrogen and oxygen atoms in total. The molecule has 0 fully saturated rings. The highest BCUT2D eigenvalue weighted by Crippen LogP contribution is 2.34. The molecular weight excluding hydrogens is 406 g/mol. The highest BCUT2D eigenvalue weighted by atomic mass is 16.2. The van der Waals surface area contributed by atoms with Gasteiger partial charge in [0.15, 0.2) is 5.82 Å². The fourth-order valence-corrected chi connectivity index (χ4v) is 3.77. The van der Waals surface area contributed by atoms with Gasteiger partial charge < -0.3 is 15.5 Å². The Labute approximate surface area is 186 Å². The molecule has 9 heteroatoms. The largest absolute Gasteiger partial charge is 0.366 e. The average molecular weight is 434 g/mol. The number of aromatic amines is 1. The molecule has 166 valence electrons. The Morgan fingerprint density at radius 2 is 2.06 bits per heavy atom. The van der Waals surface area contributed by atoms with E-state index in [2.05, 4.69) is 44.6 Å². The number of hydrogen-bond acceptors (Lipinski definition) is 6. The number of amides is 2. The van der Waals surface area contributed by atoms with Crippen molar-refractivity contribution in [2.45, 2.75) is 38.6 Å². The van der Waals surface area contributed by atoms with Crippen LogP contribution in [0.25, 0.3) is 0 Å². The lowest BCUT2D eigenvalue weighted by Crippen LogP contribution is -2.49. The normalized spacial score (nSPS) is 16.7. The van der Waals surface area contributed by atoms with E-state index in [9.17, 15) is 9.59 Å². The van der Waals surface area contributed by atoms with Crippen LogP contribution in [0.15, 0.2) is 42.7 Å². The van der Waals surface area contributed by atoms with Gasteiger partial charge in [-0.15, -0.1) is 0 Å². The molecule has 3 aromatic rings. The summed E-state index contributed by atoms with van der Waals surface area (Å²) in [6, 6.07) is 10.9. The van der Waals surface area contributed by atoms with Crippen LogP contribution in [0.5, 0.6) is 0 Å². The van der Waals surface area contributed by atoms with Crippen molar-refractivity contribution in [3.05, 3.63) is 65.4 Å². The predicted molar refractivity (Wildman–Crippen MR) is 122 cm³/mol. The lowest BCUT2D eigenvalue weighted by Gasteiger charge is -2.23. The quantitative estimate of drug-likeness (QED) is 0.550. The number of nitrogens with zero attached hydrogens (tertiary/aromatic N) is 4. The van der Waals surface area contributed by atoms with Crippen LogP contribution in [0, 0.1) is 0 Å². The molecule has 2 aromatic heterocycles. The first-order valence-corrected chi connectivity index (χ1v) is 10.7. The fourth-order valence-electron chi connectivity index (χ4n) is 3.77. The van der Waals surface area contributed by atoms with E-state index >= 15 is 0 Å². The Kier molecular flexibility index (Phi) is 6.16. The smallest absolute Gasteiger partial charge is 0.272 e. The van der Waals surface area contributed by atoms with Crippen LogP contribution in [-0.2, 0) is 11.2 Å². The molecule has 0 radical (unpaired) electrons. The van der Waals surface area contributed by atoms with E-state index < -0.39 is 11.9 Å². The summed E-state index contributed by atoms with van der Waals surface area (Å²) in [6.45, 7) is 4.36. The molecule has 3 heterocycles. The SMILES string of the molecule is CCC(C)c1ncnc2c1N(C)C(=O)[C@@H](NC(=O)c1cc(Cc3ccccc3)[nH]n1)CN2. The molecule has 0 aliphatic carbocycles. The van der Waals surface area contributed by atoms with Gasteiger partial charge >= 0.3 is 0 Å². The Morgan fingerprint density at radius 3 is 2.81 bits per heavy atom. The topological polar surface area (TPSA) is 116 Å². The number of anilines is 2. The first-order chi connectivity index (χ1) is 15.5. The van der Waals surface area contributed by atoms with Gasteiger partial charge in [-0.05, 0) is 18.1 Å². The van der Waals surface area contributed by atoms with Crippen molar-refractivity contribution in [1.29, 1.82) is 0 Å². The highest BCUT2D eigenvalue weighted by Gasteiger charge is 2.33. The number of rotatable bonds is 6. The lowest BCUT2D eigenvalue weighted by atomic mass is 10.0. The summed E-state index contributed by atoms with van der Waals surface area (Å²) in [5.41, 5.74) is 3.65. The number of aromatic nitrogens is 4. The third-order valence-corrected chi connectivity index (χ3v) is 5.77. The monoisotopic (exact) mass is 433 g/mol. The molecule has 32 heavy (non-hydrogen) atoms. The first-order valence-electron chi connectivity index (χ1n) is 10.7. The minimum absolute atomic E-state index is 0.169. The molecule has 4 rings (SSSR count). The number of carbonyl (C=O) groups is 2. The van der Waals surface area contributed by atoms with Gasteiger partial charge in [-0.1, -0.05) is 44.2 Å². The second-order valence-corrected chi connectivity index (χ2v) is 8.01. The average Bonchev–Trinajstić information content (AvgIpc) is 3.24. The van der Waals surface area contributed by atoms with Gasteiger partial charge in [0.25, 0.3) is 11.8 Å². The number of carbonyl (C=O) groups excluding carboxylic acids is 2. The molecular formula is C23H27N7O2. The number of nitrogens with one attached hydrogen (secondary N) is 3. The first kappa shape index (κ1) is 21.5. The Hall–Kier alpha value is -3.75. The van der Waals surface area contributed by atoms with Crippen LogP contribution in [0.1, 0.15) is 53.6 Å². The summed E-state index contributed by atoms with van der Waals surface area (Å²) < 4.78 is 0. The highest BCUT2D eigenvalue weighted by molar-refractivity contribution is 6.04. The summed E-state index contributed by atoms with van der Waals surface area (Å²) >= 11 is 0. The Bertz CT molecular complexity index is 1110. The number of H-pyrrole nitrogens is 1. The predicted octanol–water partition coefficient (Wildman–Crippen LogP) is 2.49. The van der Waals surface area contributed by atoms with Crippen LogP contribution < -0.4 is 15.5 Å². The van der Waals surface area contributed by atoms with Crippen molar-refractivity contribution < 1.29 is 9.59 Å². The van der Waals surface area contributed by atoms with Gasteiger partial charge in [-0.25, -0.2) is 9.97 Å². The maximum atomic E-state index is 13.2. The van der Waals surface area contributed by atoms with E-state index in [1.54, 1.807) is 13.1 Å². The van der Waals surface area contributed by atoms with Crippen molar-refractivity contribution in [2.24, 2.45) is 0 Å². The van der Waals surface area contributed by atoms with E-state index in [1.807, 2.05) is 30.3 Å². The summed E-state index contributed by atoms with van der Waals surface area (Å²) in [5, 5.41) is 13.0. The van der Waals surface area contributed by atoms with E-state index in [4.69, 9.17) is 0 Å². The molecule has 1 aliphatic heterocycles. The Morgan fingerprint density at radius 1 is 1.28 bits per heavy atom. The zero-order valence-electron chi connectivity index (χ0n) is 18.4. The second-order valence-electron chi connectivity index (χ2n) is 8.01. The summed E-state index contributed by atoms with van der Waals surface area (Å²) in [6.07, 6.45) is 3.03. The minimum Gasteiger partial charge on any atom is -0.366 e. The standard InChI is InChI=1S/C23H27N7O2/c1-4-14(2)19-20-21(26-13-25-19)24-12-18(23(32)30(20)3)27-22(31)17-11-16(28-29-17)10-15-8-6-5-7-9-15/h5-9,11,13-14,18H,4,10,12H2,1-3H3,(H,27,31)(H,28,29)(H,24,25,26)/t14?,18-/m0/s1. The van der Waals surface area contributed by atoms with Crippen LogP contribution in [0.3, 0.4) is 0 Å². The number of hydrogen-bond donors (Lipinski definition) is 3. The molecule has 0 spiro atoms. The van der Waals surface area contributed by atoms with Gasteiger partial charge in [0, 0.05) is 31.6 Å². The lowest BCUT2D eigenvalue weighted by molar-refractivity contribution is -0.119. The third-order valence-electron chi connectivity index (χ3n) is 5.77. The molecule has 0 bridgehead atoms. The van der Waals surface area contributed by atoms with Gasteiger partial charge in [0.05, 0.1) is 5.69 Å². The van der Waals surface area contributed by atoms with Crippen molar-refractivity contribution in [3.63, 3.8) is 0 Å². The molecule has 3 N–H and O–H groups in total. The van der Waals surface area contributed by atoms with Crippen molar-refractivity contribution in [1.82, 2.24) is 25.5 Å². The molecule has 0 saturated heterocycles. The minimum atomic E-state index is -0.763. The molecule has 2 atom stereocenters.